The predicted octanol–water partition coefficient (Wildman–Crippen LogP) is 1.15. The minimum absolute atomic E-state index is 0.161. The van der Waals surface area contributed by atoms with E-state index in [4.69, 9.17) is 9.84 Å². The number of nitrogens with zero attached hydrogens (tertiary/aromatic N) is 3. The minimum Gasteiger partial charge on any atom is -0.490 e. The van der Waals surface area contributed by atoms with Crippen LogP contribution in [0.15, 0.2) is 24.4 Å². The van der Waals surface area contributed by atoms with E-state index in [1.54, 1.807) is 12.1 Å². The predicted molar refractivity (Wildman–Crippen MR) is 79.0 cm³/mol. The average molecular weight is 334 g/mol. The van der Waals surface area contributed by atoms with Crippen LogP contribution in [0.3, 0.4) is 0 Å². The Labute approximate surface area is 136 Å². The Morgan fingerprint density at radius 1 is 1.46 bits per heavy atom. The maximum atomic E-state index is 13.9. The van der Waals surface area contributed by atoms with E-state index >= 15 is 0 Å². The average Bonchev–Trinajstić information content (AvgIpc) is 2.90. The molecule has 1 amide bonds. The number of rotatable bonds is 4. The van der Waals surface area contributed by atoms with Gasteiger partial charge in [0.1, 0.15) is 6.54 Å². The highest BCUT2D eigenvalue weighted by Gasteiger charge is 2.24. The van der Waals surface area contributed by atoms with E-state index < -0.39 is 11.8 Å². The molecular formula is C15H15FN4O4. The van der Waals surface area contributed by atoms with Crippen molar-refractivity contribution in [3.8, 4) is 5.75 Å². The topological polar surface area (TPSA) is 106 Å². The highest BCUT2D eigenvalue weighted by Crippen LogP contribution is 2.33. The van der Waals surface area contributed by atoms with Crippen LogP contribution in [-0.2, 0) is 11.3 Å². The van der Waals surface area contributed by atoms with Crippen molar-refractivity contribution in [3.05, 3.63) is 41.5 Å². The monoisotopic (exact) mass is 334 g/mol. The molecule has 1 aromatic heterocycles. The molecule has 2 heterocycles. The number of halogens is 1. The number of benzene rings is 1. The number of para-hydroxylation sites is 1. The zero-order chi connectivity index (χ0) is 17.1. The van der Waals surface area contributed by atoms with Crippen molar-refractivity contribution in [2.75, 3.05) is 6.61 Å². The highest BCUT2D eigenvalue weighted by atomic mass is 19.1. The highest BCUT2D eigenvalue weighted by molar-refractivity contribution is 5.84. The summed E-state index contributed by atoms with van der Waals surface area (Å²) >= 11 is 0. The normalized spacial score (nSPS) is 16.6. The quantitative estimate of drug-likeness (QED) is 0.868. The minimum atomic E-state index is -1.22. The molecule has 1 aromatic carbocycles. The van der Waals surface area contributed by atoms with Gasteiger partial charge in [0, 0.05) is 5.56 Å². The zero-order valence-electron chi connectivity index (χ0n) is 12.6. The molecule has 0 bridgehead atoms. The number of aromatic carboxylic acids is 1. The Kier molecular flexibility index (Phi) is 4.41. The molecule has 0 saturated carbocycles. The second kappa shape index (κ2) is 6.65. The van der Waals surface area contributed by atoms with Crippen molar-refractivity contribution in [3.63, 3.8) is 0 Å². The summed E-state index contributed by atoms with van der Waals surface area (Å²) in [6, 6.07) is 4.21. The van der Waals surface area contributed by atoms with Crippen molar-refractivity contribution in [1.29, 1.82) is 0 Å². The molecule has 24 heavy (non-hydrogen) atoms. The number of fused-ring (bicyclic) bond motifs is 1. The smallest absolute Gasteiger partial charge is 0.358 e. The molecule has 2 aromatic rings. The van der Waals surface area contributed by atoms with Crippen LogP contribution in [0.4, 0.5) is 4.39 Å². The molecule has 0 aliphatic carbocycles. The van der Waals surface area contributed by atoms with Crippen molar-refractivity contribution >= 4 is 11.9 Å². The van der Waals surface area contributed by atoms with Crippen LogP contribution in [0.2, 0.25) is 0 Å². The first-order chi connectivity index (χ1) is 11.5. The van der Waals surface area contributed by atoms with Gasteiger partial charge in [0.2, 0.25) is 5.91 Å². The van der Waals surface area contributed by atoms with Crippen LogP contribution in [0.1, 0.15) is 34.9 Å². The van der Waals surface area contributed by atoms with Gasteiger partial charge in [-0.05, 0) is 18.9 Å². The van der Waals surface area contributed by atoms with Gasteiger partial charge in [0.15, 0.2) is 17.3 Å². The van der Waals surface area contributed by atoms with E-state index in [0.717, 1.165) is 4.68 Å². The van der Waals surface area contributed by atoms with E-state index in [0.29, 0.717) is 25.0 Å². The largest absolute Gasteiger partial charge is 0.490 e. The lowest BCUT2D eigenvalue weighted by Gasteiger charge is -2.18. The zero-order valence-corrected chi connectivity index (χ0v) is 12.6. The van der Waals surface area contributed by atoms with Crippen LogP contribution in [-0.4, -0.2) is 38.6 Å². The van der Waals surface area contributed by atoms with Gasteiger partial charge in [0.05, 0.1) is 18.8 Å². The summed E-state index contributed by atoms with van der Waals surface area (Å²) in [5, 5.41) is 18.6. The van der Waals surface area contributed by atoms with Crippen LogP contribution in [0, 0.1) is 5.82 Å². The second-order valence-corrected chi connectivity index (χ2v) is 5.38. The first-order valence-corrected chi connectivity index (χ1v) is 7.38. The molecule has 2 N–H and O–H groups in total. The van der Waals surface area contributed by atoms with Gasteiger partial charge in [-0.25, -0.2) is 13.9 Å². The molecule has 1 aliphatic heterocycles. The number of carbonyl (C=O) groups excluding carboxylic acids is 1. The lowest BCUT2D eigenvalue weighted by Crippen LogP contribution is -2.31. The molecule has 1 atom stereocenters. The fourth-order valence-electron chi connectivity index (χ4n) is 2.58. The summed E-state index contributed by atoms with van der Waals surface area (Å²) < 4.78 is 20.4. The van der Waals surface area contributed by atoms with E-state index in [-0.39, 0.29) is 29.9 Å². The first-order valence-electron chi connectivity index (χ1n) is 7.38. The van der Waals surface area contributed by atoms with Gasteiger partial charge < -0.3 is 15.2 Å². The molecule has 0 fully saturated rings. The van der Waals surface area contributed by atoms with Crippen LogP contribution >= 0.6 is 0 Å². The fourth-order valence-corrected chi connectivity index (χ4v) is 2.58. The van der Waals surface area contributed by atoms with Crippen LogP contribution in [0.25, 0.3) is 0 Å². The van der Waals surface area contributed by atoms with E-state index in [1.165, 1.54) is 12.3 Å². The van der Waals surface area contributed by atoms with E-state index in [2.05, 4.69) is 15.6 Å². The van der Waals surface area contributed by atoms with Gasteiger partial charge in [0.25, 0.3) is 0 Å². The molecule has 1 aliphatic rings. The summed E-state index contributed by atoms with van der Waals surface area (Å²) in [5.74, 6) is -1.89. The number of ether oxygens (including phenoxy) is 1. The fraction of sp³-hybridized carbons (Fsp3) is 0.333. The Morgan fingerprint density at radius 2 is 2.29 bits per heavy atom. The molecule has 0 radical (unpaired) electrons. The number of carboxylic acid groups (broad SMARTS) is 1. The third kappa shape index (κ3) is 3.34. The number of hydrogen-bond acceptors (Lipinski definition) is 5. The number of hydrogen-bond donors (Lipinski definition) is 2. The lowest BCUT2D eigenvalue weighted by atomic mass is 10.0. The van der Waals surface area contributed by atoms with Crippen molar-refractivity contribution in [1.82, 2.24) is 20.3 Å². The number of amides is 1. The van der Waals surface area contributed by atoms with Crippen molar-refractivity contribution in [2.45, 2.75) is 25.4 Å². The van der Waals surface area contributed by atoms with Crippen LogP contribution in [0.5, 0.6) is 5.75 Å². The summed E-state index contributed by atoms with van der Waals surface area (Å²) in [7, 11) is 0. The van der Waals surface area contributed by atoms with Crippen molar-refractivity contribution in [2.24, 2.45) is 0 Å². The van der Waals surface area contributed by atoms with Crippen molar-refractivity contribution < 1.29 is 23.8 Å². The molecule has 1 unspecified atom stereocenters. The third-order valence-electron chi connectivity index (χ3n) is 3.65. The SMILES string of the molecule is O=C(Cn1cc(C(=O)O)nn1)NC1CCCOc2c(F)cccc21. The number of nitrogens with one attached hydrogen (secondary N) is 1. The molecular weight excluding hydrogens is 319 g/mol. The molecule has 126 valence electrons. The van der Waals surface area contributed by atoms with Crippen LogP contribution < -0.4 is 10.1 Å². The summed E-state index contributed by atoms with van der Waals surface area (Å²) in [6.45, 7) is 0.202. The van der Waals surface area contributed by atoms with Gasteiger partial charge in [-0.15, -0.1) is 5.10 Å². The third-order valence-corrected chi connectivity index (χ3v) is 3.65. The molecule has 0 saturated heterocycles. The second-order valence-electron chi connectivity index (χ2n) is 5.38. The maximum Gasteiger partial charge on any atom is 0.358 e. The summed E-state index contributed by atoms with van der Waals surface area (Å²) in [4.78, 5) is 22.9. The van der Waals surface area contributed by atoms with Gasteiger partial charge in [-0.3, -0.25) is 4.79 Å². The summed E-state index contributed by atoms with van der Waals surface area (Å²) in [5.41, 5.74) is 0.351. The van der Waals surface area contributed by atoms with Gasteiger partial charge in [-0.2, -0.15) is 0 Å². The molecule has 9 heteroatoms. The van der Waals surface area contributed by atoms with Gasteiger partial charge >= 0.3 is 5.97 Å². The first kappa shape index (κ1) is 15.9. The maximum absolute atomic E-state index is 13.9. The Hall–Kier alpha value is -2.97. The molecule has 3 rings (SSSR count). The van der Waals surface area contributed by atoms with E-state index in [1.807, 2.05) is 0 Å². The number of aromatic nitrogens is 3. The summed E-state index contributed by atoms with van der Waals surface area (Å²) in [6.07, 6.45) is 2.46. The lowest BCUT2D eigenvalue weighted by molar-refractivity contribution is -0.122. The van der Waals surface area contributed by atoms with Gasteiger partial charge in [-0.1, -0.05) is 17.3 Å². The number of carbonyl (C=O) groups is 2. The molecule has 8 nitrogen and oxygen atoms in total. The Morgan fingerprint density at radius 3 is 3.04 bits per heavy atom. The standard InChI is InChI=1S/C15H15FN4O4/c16-10-4-1-3-9-11(5-2-6-24-14(9)10)17-13(21)8-20-7-12(15(22)23)18-19-20/h1,3-4,7,11H,2,5-6,8H2,(H,17,21)(H,22,23). The van der Waals surface area contributed by atoms with E-state index in [9.17, 15) is 14.0 Å². The Bertz CT molecular complexity index is 777. The number of carboxylic acids is 1. The molecule has 0 spiro atoms. The Balaban J connectivity index is 1.72.